The molecule has 0 radical (unpaired) electrons. The first-order chi connectivity index (χ1) is 9.87. The van der Waals surface area contributed by atoms with E-state index in [-0.39, 0.29) is 6.61 Å². The van der Waals surface area contributed by atoms with Crippen LogP contribution >= 0.6 is 34.8 Å². The molecular formula is C14H13Cl3N2O2. The molecule has 0 bridgehead atoms. The van der Waals surface area contributed by atoms with Crippen LogP contribution in [0.25, 0.3) is 11.3 Å². The summed E-state index contributed by atoms with van der Waals surface area (Å²) in [6.07, 6.45) is -0.696. The van der Waals surface area contributed by atoms with Gasteiger partial charge in [0.2, 0.25) is 3.79 Å². The quantitative estimate of drug-likeness (QED) is 0.830. The second-order valence-electron chi connectivity index (χ2n) is 4.36. The molecule has 2 aromatic rings. The highest BCUT2D eigenvalue weighted by Crippen LogP contribution is 2.26. The van der Waals surface area contributed by atoms with Crippen molar-refractivity contribution in [2.75, 3.05) is 12.0 Å². The Balaban J connectivity index is 2.14. The van der Waals surface area contributed by atoms with Gasteiger partial charge in [-0.1, -0.05) is 65.1 Å². The normalized spacial score (nSPS) is 11.2. The van der Waals surface area contributed by atoms with Crippen molar-refractivity contribution in [1.82, 2.24) is 4.68 Å². The summed E-state index contributed by atoms with van der Waals surface area (Å²) in [5.74, 6) is 0. The lowest BCUT2D eigenvalue weighted by atomic mass is 10.2. The van der Waals surface area contributed by atoms with Gasteiger partial charge in [-0.3, -0.25) is 4.68 Å². The number of ether oxygens (including phenoxy) is 1. The van der Waals surface area contributed by atoms with Gasteiger partial charge < -0.3 is 4.74 Å². The van der Waals surface area contributed by atoms with Gasteiger partial charge in [0.05, 0.1) is 5.69 Å². The van der Waals surface area contributed by atoms with Crippen molar-refractivity contribution in [3.05, 3.63) is 48.2 Å². The van der Waals surface area contributed by atoms with Crippen LogP contribution in [0.3, 0.4) is 0 Å². The molecular weight excluding hydrogens is 335 g/mol. The minimum absolute atomic E-state index is 0.329. The number of benzene rings is 1. The predicted molar refractivity (Wildman–Crippen MR) is 85.6 cm³/mol. The summed E-state index contributed by atoms with van der Waals surface area (Å²) in [5.41, 5.74) is 5.25. The Bertz CT molecular complexity index is 621. The first-order valence-electron chi connectivity index (χ1n) is 6.11. The number of aryl methyl sites for hydroxylation is 1. The summed E-state index contributed by atoms with van der Waals surface area (Å²) in [6.45, 7) is 1.53. The lowest BCUT2D eigenvalue weighted by molar-refractivity contribution is 0.160. The number of alkyl halides is 3. The van der Waals surface area contributed by atoms with E-state index in [1.807, 2.05) is 49.4 Å². The van der Waals surface area contributed by atoms with Crippen molar-refractivity contribution in [3.8, 4) is 11.3 Å². The van der Waals surface area contributed by atoms with Crippen molar-refractivity contribution < 1.29 is 9.53 Å². The number of carbonyl (C=O) groups is 1. The van der Waals surface area contributed by atoms with E-state index in [4.69, 9.17) is 39.5 Å². The number of rotatable bonds is 3. The Morgan fingerprint density at radius 1 is 1.19 bits per heavy atom. The summed E-state index contributed by atoms with van der Waals surface area (Å²) in [5, 5.41) is 0. The number of nitrogens with zero attached hydrogens (tertiary/aromatic N) is 1. The molecule has 1 heterocycles. The molecule has 2 rings (SSSR count). The maximum Gasteiger partial charge on any atom is 0.426 e. The van der Waals surface area contributed by atoms with E-state index in [2.05, 4.69) is 5.43 Å². The highest BCUT2D eigenvalue weighted by Gasteiger charge is 2.22. The molecule has 1 aromatic heterocycles. The molecule has 21 heavy (non-hydrogen) atoms. The highest BCUT2D eigenvalue weighted by molar-refractivity contribution is 6.67. The smallest absolute Gasteiger partial charge is 0.426 e. The van der Waals surface area contributed by atoms with E-state index in [9.17, 15) is 4.79 Å². The van der Waals surface area contributed by atoms with Gasteiger partial charge in [0, 0.05) is 11.3 Å². The summed E-state index contributed by atoms with van der Waals surface area (Å²) >= 11 is 16.6. The first-order valence-corrected chi connectivity index (χ1v) is 7.24. The maximum absolute atomic E-state index is 11.8. The first kappa shape index (κ1) is 16.0. The van der Waals surface area contributed by atoms with Gasteiger partial charge in [-0.15, -0.1) is 0 Å². The SMILES string of the molecule is Cc1ccc(-c2ccccc2)n1NC(=O)OCC(Cl)(Cl)Cl. The molecule has 0 atom stereocenters. The van der Waals surface area contributed by atoms with Crippen LogP contribution in [-0.4, -0.2) is 21.2 Å². The number of amides is 1. The van der Waals surface area contributed by atoms with Crippen LogP contribution in [0.4, 0.5) is 4.79 Å². The van der Waals surface area contributed by atoms with Crippen molar-refractivity contribution >= 4 is 40.9 Å². The summed E-state index contributed by atoms with van der Waals surface area (Å²) < 4.78 is 4.85. The van der Waals surface area contributed by atoms with Crippen LogP contribution in [0.5, 0.6) is 0 Å². The van der Waals surface area contributed by atoms with E-state index < -0.39 is 9.89 Å². The van der Waals surface area contributed by atoms with Gasteiger partial charge in [-0.25, -0.2) is 10.2 Å². The second-order valence-corrected chi connectivity index (χ2v) is 6.88. The molecule has 112 valence electrons. The van der Waals surface area contributed by atoms with Crippen LogP contribution in [0.2, 0.25) is 0 Å². The molecule has 0 saturated carbocycles. The molecule has 0 aliphatic rings. The third kappa shape index (κ3) is 4.56. The molecule has 1 amide bonds. The number of carbonyl (C=O) groups excluding carboxylic acids is 1. The third-order valence-corrected chi connectivity index (χ3v) is 3.04. The van der Waals surface area contributed by atoms with Crippen molar-refractivity contribution in [2.45, 2.75) is 10.7 Å². The average Bonchev–Trinajstić information content (AvgIpc) is 2.78. The minimum Gasteiger partial charge on any atom is -0.444 e. The van der Waals surface area contributed by atoms with Crippen LogP contribution in [0.15, 0.2) is 42.5 Å². The van der Waals surface area contributed by atoms with Gasteiger partial charge in [-0.2, -0.15) is 0 Å². The van der Waals surface area contributed by atoms with Crippen molar-refractivity contribution in [1.29, 1.82) is 0 Å². The van der Waals surface area contributed by atoms with E-state index in [1.165, 1.54) is 0 Å². The van der Waals surface area contributed by atoms with E-state index in [0.29, 0.717) is 0 Å². The molecule has 4 nitrogen and oxygen atoms in total. The molecule has 0 unspecified atom stereocenters. The molecule has 0 fully saturated rings. The molecule has 0 saturated heterocycles. The number of aromatic nitrogens is 1. The lowest BCUT2D eigenvalue weighted by Gasteiger charge is -2.15. The summed E-state index contributed by atoms with van der Waals surface area (Å²) in [7, 11) is 0. The molecule has 1 aromatic carbocycles. The molecule has 0 aliphatic heterocycles. The fourth-order valence-electron chi connectivity index (χ4n) is 1.79. The monoisotopic (exact) mass is 346 g/mol. The number of halogens is 3. The molecule has 1 N–H and O–H groups in total. The lowest BCUT2D eigenvalue weighted by Crippen LogP contribution is -2.28. The maximum atomic E-state index is 11.8. The topological polar surface area (TPSA) is 43.3 Å². The zero-order valence-electron chi connectivity index (χ0n) is 11.1. The van der Waals surface area contributed by atoms with Crippen LogP contribution in [0.1, 0.15) is 5.69 Å². The highest BCUT2D eigenvalue weighted by atomic mass is 35.6. The van der Waals surface area contributed by atoms with Gasteiger partial charge in [0.1, 0.15) is 6.61 Å². The number of hydrogen-bond donors (Lipinski definition) is 1. The fourth-order valence-corrected chi connectivity index (χ4v) is 1.96. The minimum atomic E-state index is -1.63. The van der Waals surface area contributed by atoms with Crippen LogP contribution in [0, 0.1) is 6.92 Å². The zero-order valence-corrected chi connectivity index (χ0v) is 13.4. The Labute approximate surface area is 137 Å². The molecule has 7 heteroatoms. The summed E-state index contributed by atoms with van der Waals surface area (Å²) in [6, 6.07) is 13.4. The molecule has 0 aliphatic carbocycles. The predicted octanol–water partition coefficient (Wildman–Crippen LogP) is 4.51. The van der Waals surface area contributed by atoms with E-state index in [1.54, 1.807) is 4.68 Å². The number of hydrogen-bond acceptors (Lipinski definition) is 2. The Morgan fingerprint density at radius 2 is 1.86 bits per heavy atom. The Kier molecular flexibility index (Phi) is 5.04. The van der Waals surface area contributed by atoms with E-state index in [0.717, 1.165) is 17.0 Å². The van der Waals surface area contributed by atoms with Gasteiger partial charge in [0.15, 0.2) is 0 Å². The Hall–Kier alpha value is -1.36. The van der Waals surface area contributed by atoms with Gasteiger partial charge in [0.25, 0.3) is 0 Å². The van der Waals surface area contributed by atoms with Crippen LogP contribution in [-0.2, 0) is 4.74 Å². The standard InChI is InChI=1S/C14H13Cl3N2O2/c1-10-7-8-12(11-5-3-2-4-6-11)19(10)18-13(20)21-9-14(15,16)17/h2-8H,9H2,1H3,(H,18,20). The third-order valence-electron chi connectivity index (χ3n) is 2.72. The van der Waals surface area contributed by atoms with Crippen molar-refractivity contribution in [2.24, 2.45) is 0 Å². The van der Waals surface area contributed by atoms with Gasteiger partial charge >= 0.3 is 6.09 Å². The largest absolute Gasteiger partial charge is 0.444 e. The average molecular weight is 348 g/mol. The van der Waals surface area contributed by atoms with Gasteiger partial charge in [-0.05, 0) is 19.1 Å². The summed E-state index contributed by atoms with van der Waals surface area (Å²) in [4.78, 5) is 11.8. The van der Waals surface area contributed by atoms with E-state index >= 15 is 0 Å². The van der Waals surface area contributed by atoms with Crippen molar-refractivity contribution in [3.63, 3.8) is 0 Å². The van der Waals surface area contributed by atoms with Crippen LogP contribution < -0.4 is 5.43 Å². The molecule has 0 spiro atoms. The zero-order chi connectivity index (χ0) is 15.5. The fraction of sp³-hybridized carbons (Fsp3) is 0.214. The number of nitrogens with one attached hydrogen (secondary N) is 1. The Morgan fingerprint density at radius 3 is 2.48 bits per heavy atom. The second kappa shape index (κ2) is 6.60.